The number of methoxy groups -OCH3 is 2. The van der Waals surface area contributed by atoms with Gasteiger partial charge in [0, 0.05) is 150 Å². The summed E-state index contributed by atoms with van der Waals surface area (Å²) in [5, 5.41) is 9.75. The Morgan fingerprint density at radius 3 is 1.29 bits per heavy atom. The molecule has 0 atom stereocenters. The topological polar surface area (TPSA) is 271 Å². The molecular formula is C62H77B26Br2ClN18O6S2-. The van der Waals surface area contributed by atoms with E-state index in [1.165, 1.54) is 72.6 Å². The van der Waals surface area contributed by atoms with E-state index in [9.17, 15) is 16.8 Å². The van der Waals surface area contributed by atoms with Gasteiger partial charge in [-0.05, 0) is 302 Å². The summed E-state index contributed by atoms with van der Waals surface area (Å²) in [7, 11) is 82.0. The fourth-order valence-electron chi connectivity index (χ4n) is 15.9. The van der Waals surface area contributed by atoms with Crippen LogP contribution in [0, 0.1) is 10.8 Å². The van der Waals surface area contributed by atoms with Crippen LogP contribution >= 0.6 is 43.5 Å². The van der Waals surface area contributed by atoms with E-state index in [0.717, 1.165) is 86.1 Å². The molecule has 8 aromatic rings. The number of aromatic nitrogens is 8. The molecule has 0 aliphatic carbocycles. The van der Waals surface area contributed by atoms with Gasteiger partial charge < -0.3 is 48.7 Å². The van der Waals surface area contributed by atoms with Gasteiger partial charge in [0.1, 0.15) is 45.5 Å². The van der Waals surface area contributed by atoms with Gasteiger partial charge in [0.15, 0.2) is 0 Å². The molecule has 4 aromatic carbocycles. The van der Waals surface area contributed by atoms with E-state index >= 15 is 0 Å². The number of fused-ring (bicyclic) bond motifs is 2. The lowest BCUT2D eigenvalue weighted by molar-refractivity contribution is -0.0412. The summed E-state index contributed by atoms with van der Waals surface area (Å²) < 4.78 is 64.1. The highest BCUT2D eigenvalue weighted by Gasteiger charge is 2.54. The smallest absolute Gasteiger partial charge is 0.232 e. The molecule has 117 heavy (non-hydrogen) atoms. The molecular weight excluding hydrogens is 1630 g/mol. The van der Waals surface area contributed by atoms with E-state index in [-0.39, 0.29) is 5.28 Å². The fourth-order valence-corrected chi connectivity index (χ4v) is 17.6. The zero-order valence-corrected chi connectivity index (χ0v) is 73.6. The summed E-state index contributed by atoms with van der Waals surface area (Å²) in [5.41, 5.74) is 17.2. The highest BCUT2D eigenvalue weighted by Crippen LogP contribution is 2.48. The van der Waals surface area contributed by atoms with Gasteiger partial charge in [0.05, 0.1) is 69.5 Å². The van der Waals surface area contributed by atoms with E-state index in [2.05, 4.69) is 168 Å². The average molecular weight is 1710 g/mol. The maximum atomic E-state index is 12.6. The Morgan fingerprint density at radius 1 is 0.530 bits per heavy atom. The van der Waals surface area contributed by atoms with Crippen LogP contribution in [0.15, 0.2) is 94.7 Å². The first kappa shape index (κ1) is 95.3. The predicted molar refractivity (Wildman–Crippen MR) is 521 cm³/mol. The Morgan fingerprint density at radius 2 is 0.915 bits per heavy atom. The summed E-state index contributed by atoms with van der Waals surface area (Å²) in [5.74, 6) is 2.67. The van der Waals surface area contributed by atoms with Crippen molar-refractivity contribution in [3.63, 3.8) is 0 Å². The normalized spacial score (nSPS) is 14.4. The molecule has 0 saturated carbocycles. The third kappa shape index (κ3) is 22.5. The van der Waals surface area contributed by atoms with Gasteiger partial charge in [-0.25, -0.2) is 33.2 Å². The zero-order chi connectivity index (χ0) is 86.4. The molecule has 4 fully saturated rings. The number of anilines is 11. The first-order chi connectivity index (χ1) is 54.9. The Hall–Kier alpha value is -5.52. The number of benzene rings is 4. The quantitative estimate of drug-likeness (QED) is 0.0284. The SMILES string of the molecule is CCc1cc(N)c(OC)cc1N1CC2(C1)CN(C(C)C)C2.CCc1cc(Nc2ncc(Br)c(Nc3ccc4nccnc4c3N(C)S(C)(=O)=O)n2)c(OC)cc1N1CC2(C1)CN(C(C)C)C2.CN(c1c(Nc2nc(Cl)ncc2Br)ccc2nccnc12)S(C)(=O)=O.[B]B([B])B(B([B])[B])B(B(B([B])[B])B([B])[B])B(B([B])[B])B(B([B])[B])B([B])[B-]. The number of aryl methyl sites for hydroxylation is 2. The highest BCUT2D eigenvalue weighted by atomic mass is 79.9. The molecule has 0 amide bonds. The molecule has 563 valence electrons. The third-order valence-electron chi connectivity index (χ3n) is 21.9. The van der Waals surface area contributed by atoms with Crippen LogP contribution in [0.3, 0.4) is 0 Å². The lowest BCUT2D eigenvalue weighted by Gasteiger charge is -2.62. The van der Waals surface area contributed by atoms with E-state index in [1.54, 1.807) is 57.1 Å². The Bertz CT molecular complexity index is 4970. The molecule has 4 saturated heterocycles. The maximum absolute atomic E-state index is 12.6. The molecule has 55 heteroatoms. The molecule has 4 aliphatic heterocycles. The third-order valence-corrected chi connectivity index (χ3v) is 25.6. The fraction of sp³-hybridized carbons (Fsp3) is 0.419. The van der Waals surface area contributed by atoms with Crippen LogP contribution < -0.4 is 49.6 Å². The van der Waals surface area contributed by atoms with Gasteiger partial charge in [-0.1, -0.05) is 13.8 Å². The number of nitrogens with one attached hydrogen (secondary N) is 3. The highest BCUT2D eigenvalue weighted by molar-refractivity contribution is 9.11. The summed E-state index contributed by atoms with van der Waals surface area (Å²) in [6.45, 7) is 22.7. The minimum atomic E-state index is -3.60. The second kappa shape index (κ2) is 40.2. The second-order valence-corrected chi connectivity index (χ2v) is 37.2. The molecule has 0 unspecified atom stereocenters. The standard InChI is InChI=1S/C31H38BrN9O3S.C17H27N3O.C14H12BrClN6O2S.B26/c1-7-20-12-24(26(44-5)13-25(20)41-17-31(18-41)15-40(16-31)19(2)3)37-30-35-14-21(32)29(38-30)36-23-9-8-22-27(34-11-10-33-22)28(23)39(4)45(6,42)43;1-5-13-6-14(18)16(21-4)7-15(13)20-10-17(11-20)8-19(9-17)12(2)3;1-22(25(2,23)24)12-10(4-3-9-11(12)18-6-5-17-9)20-13-8(15)7-19-14(16)21-13;1-15(2)22(16(3)4)25(21(13)14)26(23(17(5)6)18(7)8)24(19(9)10)20(11)12/h8-14,19H,7,15-18H2,1-6H3,(H2,35,36,37,38);6-7,12H,5,8-11,18H2,1-4H3;3-7H,1-2H3,(H,19,20,21);/q;;;-1. The van der Waals surface area contributed by atoms with Crippen molar-refractivity contribution in [2.24, 2.45) is 10.8 Å². The lowest BCUT2D eigenvalue weighted by Crippen LogP contribution is -2.86. The number of rotatable bonds is 29. The van der Waals surface area contributed by atoms with Gasteiger partial charge in [-0.3, -0.25) is 38.3 Å². The van der Waals surface area contributed by atoms with Crippen LogP contribution in [0.4, 0.5) is 63.1 Å². The molecule has 0 bridgehead atoms. The van der Waals surface area contributed by atoms with E-state index in [0.29, 0.717) is 100 Å². The number of likely N-dealkylation sites (tertiary alicyclic amines) is 2. The first-order valence-corrected chi connectivity index (χ1v) is 43.7. The van der Waals surface area contributed by atoms with Crippen molar-refractivity contribution in [3.8, 4) is 11.5 Å². The molecule has 29 radical (unpaired) electrons. The van der Waals surface area contributed by atoms with Crippen LogP contribution in [-0.4, -0.2) is 357 Å². The number of ether oxygens (including phenoxy) is 2. The second-order valence-electron chi connectivity index (χ2n) is 31.1. The van der Waals surface area contributed by atoms with Gasteiger partial charge in [-0.15, -0.1) is 0 Å². The monoisotopic (exact) mass is 1710 g/mol. The van der Waals surface area contributed by atoms with Crippen molar-refractivity contribution in [1.82, 2.24) is 49.7 Å². The Kier molecular flexibility index (Phi) is 32.8. The summed E-state index contributed by atoms with van der Waals surface area (Å²) in [6.07, 6.45) is 2.55. The molecule has 12 rings (SSSR count). The number of nitrogen functional groups attached to an aromatic ring is 1. The summed E-state index contributed by atoms with van der Waals surface area (Å²) in [4.78, 5) is 44.5. The largest absolute Gasteiger partial charge is 0.687 e. The molecule has 2 spiro atoms. The molecule has 4 aromatic heterocycles. The summed E-state index contributed by atoms with van der Waals surface area (Å²) >= 11 is 12.7. The van der Waals surface area contributed by atoms with Crippen LogP contribution in [0.1, 0.15) is 52.7 Å². The number of sulfonamides is 2. The average Bonchev–Trinajstić information content (AvgIpc) is 0.729. The van der Waals surface area contributed by atoms with Crippen molar-refractivity contribution >= 4 is 334 Å². The van der Waals surface area contributed by atoms with Crippen molar-refractivity contribution < 1.29 is 26.3 Å². The van der Waals surface area contributed by atoms with Crippen molar-refractivity contribution in [2.75, 3.05) is 133 Å². The number of hydrogen-bond acceptors (Lipinski definition) is 22. The van der Waals surface area contributed by atoms with Crippen LogP contribution in [0.5, 0.6) is 11.5 Å². The Balaban J connectivity index is 0.000000188. The van der Waals surface area contributed by atoms with Crippen LogP contribution in [0.2, 0.25) is 5.28 Å². The molecule has 8 heterocycles. The molecule has 4 aliphatic rings. The van der Waals surface area contributed by atoms with E-state index in [4.69, 9.17) is 140 Å². The van der Waals surface area contributed by atoms with Crippen LogP contribution in [-0.2, 0) is 32.9 Å². The van der Waals surface area contributed by atoms with Gasteiger partial charge in [0.25, 0.3) is 0 Å². The number of nitrogens with zero attached hydrogens (tertiary/aromatic N) is 14. The summed E-state index contributed by atoms with van der Waals surface area (Å²) in [6, 6.07) is 16.6. The number of halogens is 3. The minimum Gasteiger partial charge on any atom is -0.687 e. The molecule has 5 N–H and O–H groups in total. The number of nitrogens with two attached hydrogens (primary N) is 1. The van der Waals surface area contributed by atoms with Crippen molar-refractivity contribution in [1.29, 1.82) is 0 Å². The Labute approximate surface area is 736 Å². The van der Waals surface area contributed by atoms with Crippen molar-refractivity contribution in [2.45, 2.75) is 66.5 Å². The van der Waals surface area contributed by atoms with Gasteiger partial charge in [0.2, 0.25) is 31.3 Å². The minimum absolute atomic E-state index is 0.0595. The first-order valence-electron chi connectivity index (χ1n) is 38.0. The molecule has 24 nitrogen and oxygen atoms in total. The number of hydrogen-bond donors (Lipinski definition) is 4. The van der Waals surface area contributed by atoms with E-state index in [1.807, 2.05) is 0 Å². The zero-order valence-electron chi connectivity index (χ0n) is 68.1. The van der Waals surface area contributed by atoms with Gasteiger partial charge in [-0.2, -0.15) is 9.97 Å². The van der Waals surface area contributed by atoms with E-state index < -0.39 is 96.7 Å². The van der Waals surface area contributed by atoms with Crippen molar-refractivity contribution in [3.05, 3.63) is 111 Å². The lowest BCUT2D eigenvalue weighted by atomic mass is 8.34. The maximum Gasteiger partial charge on any atom is 0.232 e. The predicted octanol–water partition coefficient (Wildman–Crippen LogP) is 0.611. The van der Waals surface area contributed by atoms with Crippen LogP contribution in [0.25, 0.3) is 22.1 Å². The van der Waals surface area contributed by atoms with Gasteiger partial charge >= 0.3 is 0 Å².